The van der Waals surface area contributed by atoms with E-state index >= 15 is 0 Å². The maximum atomic E-state index is 13.4. The Labute approximate surface area is 220 Å². The van der Waals surface area contributed by atoms with Gasteiger partial charge in [0.15, 0.2) is 0 Å². The Kier molecular flexibility index (Phi) is 5.22. The van der Waals surface area contributed by atoms with Crippen LogP contribution >= 0.6 is 0 Å². The van der Waals surface area contributed by atoms with Crippen LogP contribution in [0.5, 0.6) is 11.5 Å². The molecule has 0 radical (unpaired) electrons. The lowest BCUT2D eigenvalue weighted by atomic mass is 9.63. The van der Waals surface area contributed by atoms with Gasteiger partial charge in [0.2, 0.25) is 17.7 Å². The van der Waals surface area contributed by atoms with Gasteiger partial charge < -0.3 is 14.4 Å². The van der Waals surface area contributed by atoms with Crippen molar-refractivity contribution >= 4 is 35.1 Å². The van der Waals surface area contributed by atoms with Crippen molar-refractivity contribution in [3.8, 4) is 11.5 Å². The van der Waals surface area contributed by atoms with Crippen molar-refractivity contribution in [1.29, 1.82) is 0 Å². The zero-order valence-corrected chi connectivity index (χ0v) is 21.0. The van der Waals surface area contributed by atoms with Crippen LogP contribution in [0.3, 0.4) is 0 Å². The van der Waals surface area contributed by atoms with Crippen LogP contribution in [0.2, 0.25) is 0 Å². The second-order valence-corrected chi connectivity index (χ2v) is 10.9. The Morgan fingerprint density at radius 1 is 0.947 bits per heavy atom. The molecule has 6 aliphatic rings. The summed E-state index contributed by atoms with van der Waals surface area (Å²) in [5, 5.41) is 0. The van der Waals surface area contributed by atoms with Crippen LogP contribution in [0.15, 0.2) is 60.7 Å². The smallest absolute Gasteiger partial charge is 0.316 e. The number of amides is 3. The molecule has 0 spiro atoms. The summed E-state index contributed by atoms with van der Waals surface area (Å²) < 4.78 is 11.3. The van der Waals surface area contributed by atoms with Crippen LogP contribution in [-0.4, -0.2) is 36.8 Å². The summed E-state index contributed by atoms with van der Waals surface area (Å²) >= 11 is 0. The van der Waals surface area contributed by atoms with Crippen LogP contribution in [0.1, 0.15) is 19.8 Å². The molecule has 8 nitrogen and oxygen atoms in total. The molecule has 4 fully saturated rings. The first kappa shape index (κ1) is 23.2. The Morgan fingerprint density at radius 3 is 2.37 bits per heavy atom. The normalized spacial score (nSPS) is 32.4. The van der Waals surface area contributed by atoms with Crippen molar-refractivity contribution in [3.05, 3.63) is 60.7 Å². The molecule has 2 bridgehead atoms. The predicted molar refractivity (Wildman–Crippen MR) is 137 cm³/mol. The second kappa shape index (κ2) is 8.55. The fourth-order valence-corrected chi connectivity index (χ4v) is 7.15. The van der Waals surface area contributed by atoms with Crippen LogP contribution in [0.25, 0.3) is 0 Å². The van der Waals surface area contributed by atoms with E-state index in [0.717, 1.165) is 6.42 Å². The molecule has 4 aliphatic carbocycles. The van der Waals surface area contributed by atoms with Crippen LogP contribution in [0.4, 0.5) is 11.4 Å². The lowest BCUT2D eigenvalue weighted by Crippen LogP contribution is -2.40. The van der Waals surface area contributed by atoms with Gasteiger partial charge in [-0.2, -0.15) is 0 Å². The summed E-state index contributed by atoms with van der Waals surface area (Å²) in [5.41, 5.74) is 1.05. The van der Waals surface area contributed by atoms with Gasteiger partial charge in [-0.05, 0) is 61.3 Å². The molecular formula is C30H28N2O6. The van der Waals surface area contributed by atoms with Crippen molar-refractivity contribution in [2.24, 2.45) is 41.4 Å². The summed E-state index contributed by atoms with van der Waals surface area (Å²) in [6, 6.07) is 13.8. The lowest BCUT2D eigenvalue weighted by molar-refractivity contribution is -0.139. The van der Waals surface area contributed by atoms with Gasteiger partial charge in [-0.25, -0.2) is 4.90 Å². The summed E-state index contributed by atoms with van der Waals surface area (Å²) in [6.45, 7) is 2.52. The summed E-state index contributed by atoms with van der Waals surface area (Å²) in [5.74, 6) is -0.0465. The van der Waals surface area contributed by atoms with Gasteiger partial charge in [0.25, 0.3) is 0 Å². The number of imide groups is 1. The van der Waals surface area contributed by atoms with E-state index in [1.165, 1.54) is 4.90 Å². The molecule has 2 aromatic rings. The van der Waals surface area contributed by atoms with Crippen molar-refractivity contribution in [1.82, 2.24) is 0 Å². The topological polar surface area (TPSA) is 93.2 Å². The predicted octanol–water partition coefficient (Wildman–Crippen LogP) is 3.60. The Morgan fingerprint density at radius 2 is 1.66 bits per heavy atom. The molecule has 0 unspecified atom stereocenters. The van der Waals surface area contributed by atoms with Crippen LogP contribution in [-0.2, 0) is 19.2 Å². The highest BCUT2D eigenvalue weighted by Crippen LogP contribution is 2.65. The van der Waals surface area contributed by atoms with E-state index in [0.29, 0.717) is 35.6 Å². The number of rotatable bonds is 6. The van der Waals surface area contributed by atoms with Gasteiger partial charge in [0.05, 0.1) is 35.7 Å². The van der Waals surface area contributed by atoms with Gasteiger partial charge in [-0.3, -0.25) is 19.2 Å². The first-order valence-corrected chi connectivity index (χ1v) is 13.4. The number of hydrogen-bond acceptors (Lipinski definition) is 6. The molecule has 194 valence electrons. The number of esters is 1. The van der Waals surface area contributed by atoms with Gasteiger partial charge in [0, 0.05) is 19.0 Å². The molecule has 3 amide bonds. The van der Waals surface area contributed by atoms with E-state index in [1.54, 1.807) is 41.3 Å². The minimum Gasteiger partial charge on any atom is -0.492 e. The van der Waals surface area contributed by atoms with Gasteiger partial charge in [-0.15, -0.1) is 0 Å². The number of carbonyl (C=O) groups excluding carboxylic acids is 4. The average molecular weight is 513 g/mol. The number of benzene rings is 2. The van der Waals surface area contributed by atoms with Crippen LogP contribution in [0, 0.1) is 41.4 Å². The molecule has 2 saturated carbocycles. The zero-order chi connectivity index (χ0) is 26.1. The quantitative estimate of drug-likeness (QED) is 0.254. The highest BCUT2D eigenvalue weighted by Gasteiger charge is 2.67. The zero-order valence-electron chi connectivity index (χ0n) is 21.0. The first-order valence-electron chi connectivity index (χ1n) is 13.4. The van der Waals surface area contributed by atoms with E-state index in [-0.39, 0.29) is 60.1 Å². The number of hydrogen-bond donors (Lipinski definition) is 0. The van der Waals surface area contributed by atoms with Gasteiger partial charge in [-0.1, -0.05) is 30.4 Å². The number of ether oxygens (including phenoxy) is 2. The molecule has 2 aromatic carbocycles. The molecule has 2 aliphatic heterocycles. The molecule has 0 aromatic heterocycles. The van der Waals surface area contributed by atoms with Gasteiger partial charge >= 0.3 is 5.97 Å². The molecule has 2 saturated heterocycles. The fraction of sp³-hybridized carbons (Fsp3) is 0.400. The minimum absolute atomic E-state index is 0.0313. The maximum Gasteiger partial charge on any atom is 0.316 e. The fourth-order valence-electron chi connectivity index (χ4n) is 7.15. The molecule has 0 N–H and O–H groups in total. The van der Waals surface area contributed by atoms with E-state index in [2.05, 4.69) is 12.2 Å². The standard InChI is InChI=1S/C30H28N2O6/c1-2-37-24-9-4-3-8-23(24)31-15-16(12-25(31)33)30(36)38-18-7-5-6-17(13-18)32-28(34)26-19-10-11-20(22-14-21(19)22)27(26)29(32)35/h3-11,13,16,19-22,26-27H,2,12,14-15H2,1H3/t16-,19+,20+,21+,22+,26-,27-/m1/s1. The van der Waals surface area contributed by atoms with Crippen molar-refractivity contribution in [2.75, 3.05) is 23.0 Å². The molecule has 7 atom stereocenters. The van der Waals surface area contributed by atoms with E-state index < -0.39 is 11.9 Å². The van der Waals surface area contributed by atoms with Crippen LogP contribution < -0.4 is 19.3 Å². The maximum absolute atomic E-state index is 13.4. The number of nitrogens with zero attached hydrogens (tertiary/aromatic N) is 2. The third kappa shape index (κ3) is 3.42. The Bertz CT molecular complexity index is 1360. The molecule has 38 heavy (non-hydrogen) atoms. The minimum atomic E-state index is -0.646. The number of allylic oxidation sites excluding steroid dienone is 2. The number of carbonyl (C=O) groups is 4. The first-order chi connectivity index (χ1) is 18.5. The highest BCUT2D eigenvalue weighted by molar-refractivity contribution is 6.22. The van der Waals surface area contributed by atoms with Crippen molar-refractivity contribution < 1.29 is 28.7 Å². The molecule has 2 heterocycles. The molecule has 8 rings (SSSR count). The Balaban J connectivity index is 1.07. The summed E-state index contributed by atoms with van der Waals surface area (Å²) in [4.78, 5) is 55.6. The van der Waals surface area contributed by atoms with Crippen molar-refractivity contribution in [2.45, 2.75) is 19.8 Å². The average Bonchev–Trinajstić information content (AvgIpc) is 3.60. The summed E-state index contributed by atoms with van der Waals surface area (Å²) in [7, 11) is 0. The third-order valence-corrected chi connectivity index (χ3v) is 8.87. The number of para-hydroxylation sites is 2. The van der Waals surface area contributed by atoms with E-state index in [1.807, 2.05) is 19.1 Å². The SMILES string of the molecule is CCOc1ccccc1N1C[C@H](C(=O)Oc2cccc(N3C(=O)[C@@H]4[C@H]5C=C[C@@H]([C@@H]6C[C@@H]56)[C@H]4C3=O)c2)CC1=O. The second-order valence-electron chi connectivity index (χ2n) is 10.9. The monoisotopic (exact) mass is 512 g/mol. The third-order valence-electron chi connectivity index (χ3n) is 8.87. The lowest BCUT2D eigenvalue weighted by Gasteiger charge is -2.37. The Hall–Kier alpha value is -3.94. The largest absolute Gasteiger partial charge is 0.492 e. The van der Waals surface area contributed by atoms with E-state index in [9.17, 15) is 19.2 Å². The van der Waals surface area contributed by atoms with Gasteiger partial charge in [0.1, 0.15) is 11.5 Å². The highest BCUT2D eigenvalue weighted by atomic mass is 16.5. The number of anilines is 2. The summed E-state index contributed by atoms with van der Waals surface area (Å²) in [6.07, 6.45) is 5.43. The molecular weight excluding hydrogens is 484 g/mol. The van der Waals surface area contributed by atoms with Crippen molar-refractivity contribution in [3.63, 3.8) is 0 Å². The van der Waals surface area contributed by atoms with E-state index in [4.69, 9.17) is 9.47 Å². The molecule has 8 heteroatoms.